The third-order valence-corrected chi connectivity index (χ3v) is 6.45. The summed E-state index contributed by atoms with van der Waals surface area (Å²) < 4.78 is 76.2. The lowest BCUT2D eigenvalue weighted by Crippen LogP contribution is -2.44. The molecule has 0 spiro atoms. The van der Waals surface area contributed by atoms with E-state index in [4.69, 9.17) is 24.7 Å². The molecular formula is C26H32F4N4O8. The van der Waals surface area contributed by atoms with Gasteiger partial charge < -0.3 is 30.0 Å². The second-order valence-corrected chi connectivity index (χ2v) is 9.88. The van der Waals surface area contributed by atoms with Crippen molar-refractivity contribution in [1.29, 1.82) is 0 Å². The highest BCUT2D eigenvalue weighted by Crippen LogP contribution is 2.32. The lowest BCUT2D eigenvalue weighted by atomic mass is 10.1. The molecule has 1 aliphatic rings. The van der Waals surface area contributed by atoms with Gasteiger partial charge in [0.15, 0.2) is 6.73 Å². The molecule has 0 radical (unpaired) electrons. The molecule has 2 heterocycles. The second-order valence-electron chi connectivity index (χ2n) is 9.88. The molecule has 12 nitrogen and oxygen atoms in total. The van der Waals surface area contributed by atoms with Crippen LogP contribution in [0.1, 0.15) is 37.6 Å². The predicted molar refractivity (Wildman–Crippen MR) is 137 cm³/mol. The Morgan fingerprint density at radius 1 is 1.17 bits per heavy atom. The van der Waals surface area contributed by atoms with Crippen molar-refractivity contribution < 1.29 is 46.1 Å². The molecule has 1 aliphatic heterocycles. The molecule has 16 heteroatoms. The third-order valence-electron chi connectivity index (χ3n) is 6.45. The molecule has 1 saturated heterocycles. The molecule has 0 saturated carbocycles. The molecule has 0 amide bonds. The number of likely N-dealkylation sites (N-methyl/N-ethyl adjacent to an activating group) is 1. The third kappa shape index (κ3) is 8.24. The van der Waals surface area contributed by atoms with E-state index in [0.717, 1.165) is 16.7 Å². The van der Waals surface area contributed by atoms with E-state index in [1.165, 1.54) is 19.2 Å². The van der Waals surface area contributed by atoms with Crippen LogP contribution in [0.5, 0.6) is 0 Å². The van der Waals surface area contributed by atoms with Gasteiger partial charge in [-0.05, 0) is 30.7 Å². The summed E-state index contributed by atoms with van der Waals surface area (Å²) in [5.74, 6) is -3.16. The second kappa shape index (κ2) is 14.0. The minimum absolute atomic E-state index is 0.0928. The van der Waals surface area contributed by atoms with Gasteiger partial charge in [-0.1, -0.05) is 26.0 Å². The number of esters is 2. The summed E-state index contributed by atoms with van der Waals surface area (Å²) in [6.07, 6.45) is -7.01. The largest absolute Gasteiger partial charge is 0.462 e. The molecule has 3 N–H and O–H groups in total. The average molecular weight is 605 g/mol. The minimum atomic E-state index is -4.51. The maximum absolute atomic E-state index is 14.6. The summed E-state index contributed by atoms with van der Waals surface area (Å²) in [6.45, 7) is 1.83. The Morgan fingerprint density at radius 2 is 1.83 bits per heavy atom. The minimum Gasteiger partial charge on any atom is -0.462 e. The van der Waals surface area contributed by atoms with Gasteiger partial charge in [0.25, 0.3) is 5.56 Å². The standard InChI is InChI=1S/C26H32F4N4O8/c1-14(2)22(31)24(37)41-13-34-23(36)17(27)10-33(25(34)38)20-8-18(19(42-20)12-40-21(35)9-32-3)39-11-15-4-6-16(7-5-15)26(28,29)30/h4-7,10,14,18-20,22,32H,8-9,11-13,31H2,1-3H3/t18-,19+,20+,22+/m0/s1. The predicted octanol–water partition coefficient (Wildman–Crippen LogP) is 1.29. The number of halogens is 4. The first-order valence-corrected chi connectivity index (χ1v) is 12.9. The van der Waals surface area contributed by atoms with E-state index in [1.54, 1.807) is 13.8 Å². The monoisotopic (exact) mass is 604 g/mol. The van der Waals surface area contributed by atoms with Crippen LogP contribution in [0.25, 0.3) is 0 Å². The SMILES string of the molecule is CNCC(=O)OC[C@H]1O[C@@H](n2cc(F)c(=O)n(COC(=O)[C@H](N)C(C)C)c2=O)C[C@@H]1OCc1ccc(C(F)(F)F)cc1. The Kier molecular flexibility index (Phi) is 11.0. The van der Waals surface area contributed by atoms with Crippen LogP contribution in [-0.4, -0.2) is 59.5 Å². The fraction of sp³-hybridized carbons (Fsp3) is 0.538. The topological polar surface area (TPSA) is 153 Å². The number of carbonyl (C=O) groups excluding carboxylic acids is 2. The molecule has 2 aromatic rings. The number of aromatic nitrogens is 2. The molecule has 1 aromatic heterocycles. The molecule has 42 heavy (non-hydrogen) atoms. The fourth-order valence-corrected chi connectivity index (χ4v) is 3.96. The first-order chi connectivity index (χ1) is 19.7. The summed E-state index contributed by atoms with van der Waals surface area (Å²) in [5.41, 5.74) is 2.87. The molecule has 1 aromatic carbocycles. The van der Waals surface area contributed by atoms with Gasteiger partial charge in [-0.2, -0.15) is 17.6 Å². The lowest BCUT2D eigenvalue weighted by molar-refractivity contribution is -0.151. The van der Waals surface area contributed by atoms with Gasteiger partial charge in [-0.3, -0.25) is 19.0 Å². The van der Waals surface area contributed by atoms with Crippen molar-refractivity contribution in [3.8, 4) is 0 Å². The van der Waals surface area contributed by atoms with Crippen molar-refractivity contribution in [2.24, 2.45) is 11.7 Å². The summed E-state index contributed by atoms with van der Waals surface area (Å²) in [5, 5.41) is 2.62. The van der Waals surface area contributed by atoms with Crippen molar-refractivity contribution in [1.82, 2.24) is 14.5 Å². The molecule has 0 bridgehead atoms. The van der Waals surface area contributed by atoms with Crippen LogP contribution >= 0.6 is 0 Å². The van der Waals surface area contributed by atoms with E-state index in [1.807, 2.05) is 0 Å². The Balaban J connectivity index is 1.81. The van der Waals surface area contributed by atoms with Gasteiger partial charge in [0, 0.05) is 6.42 Å². The number of nitrogens with zero attached hydrogens (tertiary/aromatic N) is 2. The summed E-state index contributed by atoms with van der Waals surface area (Å²) in [6, 6.07) is 3.23. The molecule has 0 unspecified atom stereocenters. The van der Waals surface area contributed by atoms with Crippen LogP contribution in [0.3, 0.4) is 0 Å². The highest BCUT2D eigenvalue weighted by Gasteiger charge is 2.39. The van der Waals surface area contributed by atoms with Crippen LogP contribution in [-0.2, 0) is 48.1 Å². The lowest BCUT2D eigenvalue weighted by Gasteiger charge is -2.19. The molecule has 0 aliphatic carbocycles. The van der Waals surface area contributed by atoms with E-state index in [2.05, 4.69) is 5.32 Å². The van der Waals surface area contributed by atoms with E-state index in [9.17, 15) is 36.7 Å². The zero-order valence-electron chi connectivity index (χ0n) is 23.1. The zero-order chi connectivity index (χ0) is 31.2. The smallest absolute Gasteiger partial charge is 0.416 e. The van der Waals surface area contributed by atoms with Crippen molar-refractivity contribution in [2.45, 2.75) is 64.3 Å². The number of benzene rings is 1. The number of ether oxygens (including phenoxy) is 4. The fourth-order valence-electron chi connectivity index (χ4n) is 3.96. The highest BCUT2D eigenvalue weighted by molar-refractivity contribution is 5.75. The van der Waals surface area contributed by atoms with Crippen LogP contribution < -0.4 is 22.3 Å². The van der Waals surface area contributed by atoms with Crippen molar-refractivity contribution >= 4 is 11.9 Å². The Morgan fingerprint density at radius 3 is 2.43 bits per heavy atom. The van der Waals surface area contributed by atoms with Crippen LogP contribution in [0.4, 0.5) is 17.6 Å². The van der Waals surface area contributed by atoms with E-state index in [0.29, 0.717) is 16.3 Å². The van der Waals surface area contributed by atoms with Gasteiger partial charge in [-0.25, -0.2) is 9.36 Å². The molecular weight excluding hydrogens is 572 g/mol. The van der Waals surface area contributed by atoms with Crippen molar-refractivity contribution in [2.75, 3.05) is 20.2 Å². The van der Waals surface area contributed by atoms with Crippen LogP contribution in [0.15, 0.2) is 40.1 Å². The first-order valence-electron chi connectivity index (χ1n) is 12.9. The maximum atomic E-state index is 14.6. The highest BCUT2D eigenvalue weighted by atomic mass is 19.4. The normalized spacial score (nSPS) is 19.6. The van der Waals surface area contributed by atoms with E-state index in [-0.39, 0.29) is 32.1 Å². The summed E-state index contributed by atoms with van der Waals surface area (Å²) in [4.78, 5) is 49.5. The van der Waals surface area contributed by atoms with E-state index < -0.39 is 72.0 Å². The van der Waals surface area contributed by atoms with Gasteiger partial charge in [-0.15, -0.1) is 0 Å². The number of nitrogens with two attached hydrogens (primary N) is 1. The van der Waals surface area contributed by atoms with Crippen LogP contribution in [0.2, 0.25) is 0 Å². The number of hydrogen-bond donors (Lipinski definition) is 2. The number of carbonyl (C=O) groups is 2. The Labute approximate surface area is 237 Å². The van der Waals surface area contributed by atoms with E-state index >= 15 is 0 Å². The maximum Gasteiger partial charge on any atom is 0.416 e. The van der Waals surface area contributed by atoms with Crippen molar-refractivity contribution in [3.63, 3.8) is 0 Å². The summed E-state index contributed by atoms with van der Waals surface area (Å²) >= 11 is 0. The number of alkyl halides is 3. The number of nitrogens with one attached hydrogen (secondary N) is 1. The molecule has 4 atom stereocenters. The van der Waals surface area contributed by atoms with Gasteiger partial charge in [0.2, 0.25) is 5.82 Å². The molecule has 1 fully saturated rings. The number of rotatable bonds is 12. The molecule has 3 rings (SSSR count). The quantitative estimate of drug-likeness (QED) is 0.268. The van der Waals surface area contributed by atoms with Gasteiger partial charge in [0.05, 0.1) is 31.0 Å². The summed E-state index contributed by atoms with van der Waals surface area (Å²) in [7, 11) is 1.53. The van der Waals surface area contributed by atoms with Gasteiger partial charge >= 0.3 is 23.8 Å². The Bertz CT molecular complexity index is 1360. The first kappa shape index (κ1) is 32.9. The van der Waals surface area contributed by atoms with Gasteiger partial charge in [0.1, 0.15) is 25.0 Å². The van der Waals surface area contributed by atoms with Crippen LogP contribution in [0, 0.1) is 11.7 Å². The average Bonchev–Trinajstić information content (AvgIpc) is 3.34. The number of hydrogen-bond acceptors (Lipinski definition) is 10. The Hall–Kier alpha value is -3.60. The van der Waals surface area contributed by atoms with Crippen molar-refractivity contribution in [3.05, 3.63) is 68.2 Å². The molecule has 232 valence electrons. The zero-order valence-corrected chi connectivity index (χ0v) is 23.1.